The fourth-order valence-corrected chi connectivity index (χ4v) is 1.59. The van der Waals surface area contributed by atoms with E-state index < -0.39 is 0 Å². The molecule has 0 heterocycles. The maximum atomic E-state index is 11.2. The lowest BCUT2D eigenvalue weighted by Crippen LogP contribution is -2.14. The summed E-state index contributed by atoms with van der Waals surface area (Å²) >= 11 is 11.5. The molecule has 0 fully saturated rings. The van der Waals surface area contributed by atoms with Crippen LogP contribution in [0.25, 0.3) is 0 Å². The number of amides is 1. The van der Waals surface area contributed by atoms with Gasteiger partial charge in [-0.1, -0.05) is 23.2 Å². The molecular formula is C9H10Cl2N2O2. The second-order valence-corrected chi connectivity index (χ2v) is 3.72. The molecule has 0 saturated carbocycles. The van der Waals surface area contributed by atoms with Crippen LogP contribution in [0.2, 0.25) is 10.0 Å². The molecule has 1 amide bonds. The van der Waals surface area contributed by atoms with E-state index in [9.17, 15) is 4.79 Å². The number of rotatable bonds is 3. The minimum atomic E-state index is -0.353. The molecule has 0 atom stereocenters. The SMILES string of the molecule is Nc1cc(Cl)cc(Cl)c1NC(=O)CCO. The van der Waals surface area contributed by atoms with Crippen LogP contribution in [-0.2, 0) is 4.79 Å². The Morgan fingerprint density at radius 2 is 2.13 bits per heavy atom. The van der Waals surface area contributed by atoms with Crippen molar-refractivity contribution in [2.24, 2.45) is 0 Å². The Morgan fingerprint density at radius 3 is 2.67 bits per heavy atom. The highest BCUT2D eigenvalue weighted by atomic mass is 35.5. The fourth-order valence-electron chi connectivity index (χ4n) is 1.03. The van der Waals surface area contributed by atoms with Crippen molar-refractivity contribution < 1.29 is 9.90 Å². The average molecular weight is 249 g/mol. The number of benzene rings is 1. The lowest BCUT2D eigenvalue weighted by Gasteiger charge is -2.09. The lowest BCUT2D eigenvalue weighted by atomic mass is 10.2. The third-order valence-corrected chi connectivity index (χ3v) is 2.21. The van der Waals surface area contributed by atoms with Gasteiger partial charge in [0.05, 0.1) is 29.4 Å². The molecule has 0 saturated heterocycles. The zero-order valence-corrected chi connectivity index (χ0v) is 9.27. The quantitative estimate of drug-likeness (QED) is 0.716. The molecule has 0 aliphatic carbocycles. The summed E-state index contributed by atoms with van der Waals surface area (Å²) in [6.45, 7) is -0.225. The second kappa shape index (κ2) is 5.21. The van der Waals surface area contributed by atoms with Crippen molar-refractivity contribution >= 4 is 40.5 Å². The number of anilines is 2. The summed E-state index contributed by atoms with van der Waals surface area (Å²) in [6.07, 6.45) is -0.00159. The Labute approximate surface area is 97.0 Å². The van der Waals surface area contributed by atoms with E-state index in [4.69, 9.17) is 34.0 Å². The largest absolute Gasteiger partial charge is 0.397 e. The predicted molar refractivity (Wildman–Crippen MR) is 61.2 cm³/mol. The molecule has 15 heavy (non-hydrogen) atoms. The van der Waals surface area contributed by atoms with Crippen molar-refractivity contribution in [2.75, 3.05) is 17.7 Å². The number of nitrogens with one attached hydrogen (secondary N) is 1. The Kier molecular flexibility index (Phi) is 4.20. The van der Waals surface area contributed by atoms with Crippen LogP contribution in [0.4, 0.5) is 11.4 Å². The molecular weight excluding hydrogens is 239 g/mol. The molecule has 4 N–H and O–H groups in total. The van der Waals surface area contributed by atoms with E-state index >= 15 is 0 Å². The smallest absolute Gasteiger partial charge is 0.226 e. The summed E-state index contributed by atoms with van der Waals surface area (Å²) in [5, 5.41) is 11.7. The first-order valence-electron chi connectivity index (χ1n) is 4.20. The highest BCUT2D eigenvalue weighted by Crippen LogP contribution is 2.31. The lowest BCUT2D eigenvalue weighted by molar-refractivity contribution is -0.116. The van der Waals surface area contributed by atoms with Crippen LogP contribution >= 0.6 is 23.2 Å². The molecule has 1 aromatic carbocycles. The number of carbonyl (C=O) groups is 1. The molecule has 1 aromatic rings. The summed E-state index contributed by atoms with van der Waals surface area (Å²) in [6, 6.07) is 2.97. The highest BCUT2D eigenvalue weighted by Gasteiger charge is 2.09. The van der Waals surface area contributed by atoms with E-state index in [1.54, 1.807) is 0 Å². The summed E-state index contributed by atoms with van der Waals surface area (Å²) in [7, 11) is 0. The third kappa shape index (κ3) is 3.27. The van der Waals surface area contributed by atoms with E-state index in [-0.39, 0.29) is 24.0 Å². The topological polar surface area (TPSA) is 75.3 Å². The standard InChI is InChI=1S/C9H10Cl2N2O2/c10-5-3-6(11)9(7(12)4-5)13-8(15)1-2-14/h3-4,14H,1-2,12H2,(H,13,15). The molecule has 0 aliphatic rings. The van der Waals surface area contributed by atoms with Crippen LogP contribution in [0, 0.1) is 0 Å². The maximum Gasteiger partial charge on any atom is 0.226 e. The monoisotopic (exact) mass is 248 g/mol. The summed E-state index contributed by atoms with van der Waals surface area (Å²) in [5.41, 5.74) is 6.23. The van der Waals surface area contributed by atoms with Gasteiger partial charge in [-0.25, -0.2) is 0 Å². The molecule has 0 radical (unpaired) electrons. The number of halogens is 2. The summed E-state index contributed by atoms with van der Waals surface area (Å²) < 4.78 is 0. The van der Waals surface area contributed by atoms with E-state index in [1.807, 2.05) is 0 Å². The average Bonchev–Trinajstić information content (AvgIpc) is 2.11. The zero-order chi connectivity index (χ0) is 11.4. The molecule has 0 unspecified atom stereocenters. The van der Waals surface area contributed by atoms with Crippen molar-refractivity contribution in [3.05, 3.63) is 22.2 Å². The molecule has 4 nitrogen and oxygen atoms in total. The van der Waals surface area contributed by atoms with Crippen LogP contribution in [-0.4, -0.2) is 17.6 Å². The van der Waals surface area contributed by atoms with E-state index in [2.05, 4.69) is 5.32 Å². The van der Waals surface area contributed by atoms with Crippen molar-refractivity contribution in [1.29, 1.82) is 0 Å². The minimum Gasteiger partial charge on any atom is -0.397 e. The van der Waals surface area contributed by atoms with Crippen LogP contribution in [0.5, 0.6) is 0 Å². The van der Waals surface area contributed by atoms with Gasteiger partial charge < -0.3 is 16.2 Å². The number of aliphatic hydroxyl groups excluding tert-OH is 1. The third-order valence-electron chi connectivity index (χ3n) is 1.69. The molecule has 0 aromatic heterocycles. The van der Waals surface area contributed by atoms with Crippen molar-refractivity contribution in [3.8, 4) is 0 Å². The van der Waals surface area contributed by atoms with Gasteiger partial charge in [-0.05, 0) is 12.1 Å². The normalized spacial score (nSPS) is 10.1. The number of aliphatic hydroxyl groups is 1. The first-order chi connectivity index (χ1) is 7.04. The van der Waals surface area contributed by atoms with Gasteiger partial charge in [0.1, 0.15) is 0 Å². The minimum absolute atomic E-state index is 0.00159. The molecule has 0 spiro atoms. The number of nitrogens with two attached hydrogens (primary N) is 1. The second-order valence-electron chi connectivity index (χ2n) is 2.87. The number of hydrogen-bond acceptors (Lipinski definition) is 3. The first-order valence-corrected chi connectivity index (χ1v) is 4.95. The Bertz CT molecular complexity index is 359. The van der Waals surface area contributed by atoms with Gasteiger partial charge in [-0.15, -0.1) is 0 Å². The van der Waals surface area contributed by atoms with Crippen LogP contribution in [0.3, 0.4) is 0 Å². The van der Waals surface area contributed by atoms with Gasteiger partial charge in [-0.3, -0.25) is 4.79 Å². The van der Waals surface area contributed by atoms with Gasteiger partial charge in [0.2, 0.25) is 5.91 Å². The molecule has 0 bridgehead atoms. The number of hydrogen-bond donors (Lipinski definition) is 3. The Morgan fingerprint density at radius 1 is 1.47 bits per heavy atom. The predicted octanol–water partition coefficient (Wildman–Crippen LogP) is 1.90. The fraction of sp³-hybridized carbons (Fsp3) is 0.222. The van der Waals surface area contributed by atoms with Crippen molar-refractivity contribution in [3.63, 3.8) is 0 Å². The van der Waals surface area contributed by atoms with Crippen molar-refractivity contribution in [2.45, 2.75) is 6.42 Å². The Balaban J connectivity index is 2.90. The van der Waals surface area contributed by atoms with Crippen LogP contribution in [0.15, 0.2) is 12.1 Å². The van der Waals surface area contributed by atoms with E-state index in [0.717, 1.165) is 0 Å². The maximum absolute atomic E-state index is 11.2. The molecule has 82 valence electrons. The van der Waals surface area contributed by atoms with Gasteiger partial charge in [0.25, 0.3) is 0 Å². The van der Waals surface area contributed by atoms with Crippen molar-refractivity contribution in [1.82, 2.24) is 0 Å². The molecule has 1 rings (SSSR count). The van der Waals surface area contributed by atoms with Gasteiger partial charge in [0.15, 0.2) is 0 Å². The molecule has 6 heteroatoms. The zero-order valence-electron chi connectivity index (χ0n) is 7.76. The summed E-state index contributed by atoms with van der Waals surface area (Å²) in [5.74, 6) is -0.353. The number of nitrogen functional groups attached to an aromatic ring is 1. The number of carbonyl (C=O) groups excluding carboxylic acids is 1. The Hall–Kier alpha value is -0.970. The summed E-state index contributed by atoms with van der Waals surface area (Å²) in [4.78, 5) is 11.2. The van der Waals surface area contributed by atoms with E-state index in [1.165, 1.54) is 12.1 Å². The van der Waals surface area contributed by atoms with Crippen LogP contribution in [0.1, 0.15) is 6.42 Å². The van der Waals surface area contributed by atoms with Crippen LogP contribution < -0.4 is 11.1 Å². The van der Waals surface area contributed by atoms with Gasteiger partial charge >= 0.3 is 0 Å². The van der Waals surface area contributed by atoms with Gasteiger partial charge in [0, 0.05) is 5.02 Å². The first kappa shape index (κ1) is 12.1. The molecule has 0 aliphatic heterocycles. The van der Waals surface area contributed by atoms with Gasteiger partial charge in [-0.2, -0.15) is 0 Å². The van der Waals surface area contributed by atoms with E-state index in [0.29, 0.717) is 16.4 Å². The highest BCUT2D eigenvalue weighted by molar-refractivity contribution is 6.37.